The average Bonchev–Trinajstić information content (AvgIpc) is 2.38. The van der Waals surface area contributed by atoms with E-state index >= 15 is 0 Å². The van der Waals surface area contributed by atoms with Crippen molar-refractivity contribution in [3.63, 3.8) is 0 Å². The van der Waals surface area contributed by atoms with Gasteiger partial charge < -0.3 is 0 Å². The van der Waals surface area contributed by atoms with Crippen molar-refractivity contribution in [2.24, 2.45) is 23.7 Å². The fourth-order valence-corrected chi connectivity index (χ4v) is 2.52. The second kappa shape index (κ2) is 11.0. The molecule has 0 nitrogen and oxygen atoms in total. The van der Waals surface area contributed by atoms with Gasteiger partial charge >= 0.3 is 0 Å². The van der Waals surface area contributed by atoms with Crippen LogP contribution < -0.4 is 0 Å². The molecule has 1 rings (SSSR count). The van der Waals surface area contributed by atoms with Gasteiger partial charge in [-0.1, -0.05) is 65.8 Å². The molecule has 0 saturated heterocycles. The molecule has 1 saturated carbocycles. The summed E-state index contributed by atoms with van der Waals surface area (Å²) in [6.45, 7) is 11.3. The van der Waals surface area contributed by atoms with E-state index in [1.807, 2.05) is 6.66 Å². The molecule has 0 radical (unpaired) electrons. The van der Waals surface area contributed by atoms with E-state index in [0.29, 0.717) is 0 Å². The van der Waals surface area contributed by atoms with Crippen molar-refractivity contribution in [2.75, 3.05) is 6.66 Å². The quantitative estimate of drug-likeness (QED) is 0.429. The normalized spacial score (nSPS) is 25.9. The van der Waals surface area contributed by atoms with Crippen molar-refractivity contribution in [2.45, 2.75) is 66.2 Å². The molecule has 0 spiro atoms. The highest BCUT2D eigenvalue weighted by Crippen LogP contribution is 2.29. The van der Waals surface area contributed by atoms with Crippen LogP contribution in [0.1, 0.15) is 66.2 Å². The Morgan fingerprint density at radius 1 is 1.00 bits per heavy atom. The van der Waals surface area contributed by atoms with Crippen molar-refractivity contribution in [1.82, 2.24) is 0 Å². The summed E-state index contributed by atoms with van der Waals surface area (Å²) in [6.07, 6.45) is 13.4. The molecule has 108 valence electrons. The molecule has 2 atom stereocenters. The second-order valence-corrected chi connectivity index (χ2v) is 6.35. The third kappa shape index (κ3) is 9.15. The summed E-state index contributed by atoms with van der Waals surface area (Å²) in [5.74, 6) is 3.49. The first-order valence-electron chi connectivity index (χ1n) is 7.84. The van der Waals surface area contributed by atoms with E-state index in [9.17, 15) is 0 Å². The number of hydrogen-bond donors (Lipinski definition) is 0. The second-order valence-electron chi connectivity index (χ2n) is 6.35. The molecule has 0 N–H and O–H groups in total. The van der Waals surface area contributed by atoms with Crippen LogP contribution in [0.25, 0.3) is 0 Å². The van der Waals surface area contributed by atoms with E-state index in [1.54, 1.807) is 0 Å². The molecule has 0 aromatic rings. The van der Waals surface area contributed by atoms with Crippen LogP contribution >= 0.6 is 9.24 Å². The first kappa shape index (κ1) is 18.2. The third-order valence-corrected chi connectivity index (χ3v) is 3.97. The van der Waals surface area contributed by atoms with Crippen molar-refractivity contribution < 1.29 is 0 Å². The maximum Gasteiger partial charge on any atom is -0.0233 e. The molecule has 0 aromatic heterocycles. The lowest BCUT2D eigenvalue weighted by Crippen LogP contribution is -2.10. The number of hydrogen-bond acceptors (Lipinski definition) is 0. The van der Waals surface area contributed by atoms with E-state index in [-0.39, 0.29) is 0 Å². The molecule has 0 aromatic carbocycles. The first-order chi connectivity index (χ1) is 8.58. The molecule has 0 amide bonds. The predicted octanol–water partition coefficient (Wildman–Crippen LogP) is 5.93. The van der Waals surface area contributed by atoms with Gasteiger partial charge in [-0.15, -0.1) is 9.24 Å². The third-order valence-electron chi connectivity index (χ3n) is 3.97. The van der Waals surface area contributed by atoms with Crippen LogP contribution in [0.2, 0.25) is 0 Å². The topological polar surface area (TPSA) is 0 Å². The standard InChI is InChI=1S/C16H30.CH5P/c1-13(2)5-6-14(3)7-10-16-11-8-15(4)9-12-16;1-2/h7,10,13-16H,5-6,8-9,11-12H2,1-4H3;2H2,1H3/b10-7+;. The van der Waals surface area contributed by atoms with Crippen molar-refractivity contribution in [3.05, 3.63) is 12.2 Å². The lowest BCUT2D eigenvalue weighted by Gasteiger charge is -2.24. The molecular formula is C17H35P. The minimum atomic E-state index is 0.779. The average molecular weight is 270 g/mol. The molecule has 1 heteroatoms. The van der Waals surface area contributed by atoms with E-state index in [1.165, 1.54) is 38.5 Å². The summed E-state index contributed by atoms with van der Waals surface area (Å²) >= 11 is 0. The van der Waals surface area contributed by atoms with Crippen LogP contribution in [0.4, 0.5) is 0 Å². The zero-order valence-electron chi connectivity index (χ0n) is 13.3. The van der Waals surface area contributed by atoms with Crippen molar-refractivity contribution in [3.8, 4) is 0 Å². The zero-order valence-corrected chi connectivity index (χ0v) is 14.4. The molecule has 0 heterocycles. The Kier molecular flexibility index (Phi) is 11.1. The van der Waals surface area contributed by atoms with Gasteiger partial charge in [0.15, 0.2) is 0 Å². The first-order valence-corrected chi connectivity index (χ1v) is 8.99. The van der Waals surface area contributed by atoms with Gasteiger partial charge in [0.1, 0.15) is 0 Å². The Hall–Kier alpha value is 0.170. The van der Waals surface area contributed by atoms with Gasteiger partial charge in [0, 0.05) is 0 Å². The van der Waals surface area contributed by atoms with Crippen LogP contribution in [0, 0.1) is 23.7 Å². The number of allylic oxidation sites excluding steroid dienone is 2. The smallest absolute Gasteiger partial charge is 0.0233 e. The largest absolute Gasteiger partial charge is 0.141 e. The SMILES string of the molecule is CC(C)CCC(C)/C=C/C1CCC(C)CC1.CP. The number of rotatable bonds is 5. The molecule has 18 heavy (non-hydrogen) atoms. The van der Waals surface area contributed by atoms with Crippen LogP contribution in [0.3, 0.4) is 0 Å². The molecule has 1 aliphatic rings. The van der Waals surface area contributed by atoms with E-state index in [2.05, 4.69) is 49.1 Å². The molecule has 1 fully saturated rings. The van der Waals surface area contributed by atoms with Gasteiger partial charge in [-0.3, -0.25) is 0 Å². The molecule has 2 unspecified atom stereocenters. The van der Waals surface area contributed by atoms with Gasteiger partial charge in [-0.25, -0.2) is 0 Å². The Bertz CT molecular complexity index is 200. The highest BCUT2D eigenvalue weighted by Gasteiger charge is 2.15. The maximum atomic E-state index is 2.51. The van der Waals surface area contributed by atoms with Crippen molar-refractivity contribution >= 4 is 9.24 Å². The van der Waals surface area contributed by atoms with Gasteiger partial charge in [0.25, 0.3) is 0 Å². The van der Waals surface area contributed by atoms with Gasteiger partial charge in [-0.05, 0) is 42.9 Å². The minimum absolute atomic E-state index is 0.779. The summed E-state index contributed by atoms with van der Waals surface area (Å²) in [5.41, 5.74) is 0. The van der Waals surface area contributed by atoms with E-state index in [0.717, 1.165) is 23.7 Å². The van der Waals surface area contributed by atoms with E-state index < -0.39 is 0 Å². The van der Waals surface area contributed by atoms with Gasteiger partial charge in [-0.2, -0.15) is 0 Å². The summed E-state index contributed by atoms with van der Waals surface area (Å²) in [4.78, 5) is 0. The lowest BCUT2D eigenvalue weighted by molar-refractivity contribution is 0.329. The van der Waals surface area contributed by atoms with Crippen LogP contribution in [-0.2, 0) is 0 Å². The van der Waals surface area contributed by atoms with Crippen LogP contribution in [-0.4, -0.2) is 6.66 Å². The minimum Gasteiger partial charge on any atom is -0.141 e. The van der Waals surface area contributed by atoms with Gasteiger partial charge in [0.05, 0.1) is 0 Å². The Balaban J connectivity index is 0.00000137. The Morgan fingerprint density at radius 3 is 2.06 bits per heavy atom. The summed E-state index contributed by atoms with van der Waals surface area (Å²) in [7, 11) is 2.42. The van der Waals surface area contributed by atoms with Gasteiger partial charge in [0.2, 0.25) is 0 Å². The zero-order chi connectivity index (χ0) is 14.0. The fraction of sp³-hybridized carbons (Fsp3) is 0.882. The fourth-order valence-electron chi connectivity index (χ4n) is 2.52. The Morgan fingerprint density at radius 2 is 1.56 bits per heavy atom. The lowest BCUT2D eigenvalue weighted by atomic mass is 9.82. The highest BCUT2D eigenvalue weighted by molar-refractivity contribution is 7.15. The van der Waals surface area contributed by atoms with E-state index in [4.69, 9.17) is 0 Å². The Labute approximate surface area is 118 Å². The molecular weight excluding hydrogens is 235 g/mol. The summed E-state index contributed by atoms with van der Waals surface area (Å²) < 4.78 is 0. The highest BCUT2D eigenvalue weighted by atomic mass is 31.0. The summed E-state index contributed by atoms with van der Waals surface area (Å²) in [5, 5.41) is 0. The summed E-state index contributed by atoms with van der Waals surface area (Å²) in [6, 6.07) is 0. The van der Waals surface area contributed by atoms with Crippen molar-refractivity contribution in [1.29, 1.82) is 0 Å². The van der Waals surface area contributed by atoms with Crippen LogP contribution in [0.5, 0.6) is 0 Å². The van der Waals surface area contributed by atoms with Crippen LogP contribution in [0.15, 0.2) is 12.2 Å². The predicted molar refractivity (Wildman–Crippen MR) is 89.1 cm³/mol. The monoisotopic (exact) mass is 270 g/mol. The molecule has 1 aliphatic carbocycles. The molecule has 0 bridgehead atoms. The molecule has 0 aliphatic heterocycles. The maximum absolute atomic E-state index is 2.51.